The van der Waals surface area contributed by atoms with Crippen LogP contribution in [-0.4, -0.2) is 11.7 Å². The zero-order chi connectivity index (χ0) is 11.2. The van der Waals surface area contributed by atoms with Gasteiger partial charge in [-0.15, -0.1) is 0 Å². The van der Waals surface area contributed by atoms with Crippen LogP contribution < -0.4 is 0 Å². The van der Waals surface area contributed by atoms with Gasteiger partial charge < -0.3 is 5.11 Å². The summed E-state index contributed by atoms with van der Waals surface area (Å²) in [7, 11) is 0. The molecule has 0 saturated heterocycles. The molecule has 1 heteroatoms. The quantitative estimate of drug-likeness (QED) is 0.682. The number of rotatable bonds is 0. The van der Waals surface area contributed by atoms with Gasteiger partial charge in [0.1, 0.15) is 0 Å². The van der Waals surface area contributed by atoms with Crippen molar-refractivity contribution >= 4 is 0 Å². The molecule has 0 radical (unpaired) electrons. The molecular formula is C14H24O. The second-order valence-electron chi connectivity index (χ2n) is 3.59. The van der Waals surface area contributed by atoms with Gasteiger partial charge in [0, 0.05) is 6.61 Å². The zero-order valence-corrected chi connectivity index (χ0v) is 9.86. The Kier molecular flexibility index (Phi) is 12.5. The molecule has 0 spiro atoms. The lowest BCUT2D eigenvalue weighted by molar-refractivity contribution is 0.318. The summed E-state index contributed by atoms with van der Waals surface area (Å²) < 4.78 is 0. The highest BCUT2D eigenvalue weighted by Crippen LogP contribution is 2.15. The van der Waals surface area contributed by atoms with Gasteiger partial charge in [-0.2, -0.15) is 0 Å². The first-order chi connectivity index (χ1) is 7.41. The Labute approximate surface area is 94.2 Å². The van der Waals surface area contributed by atoms with Gasteiger partial charge in [-0.3, -0.25) is 0 Å². The van der Waals surface area contributed by atoms with Gasteiger partial charge in [0.05, 0.1) is 0 Å². The molecule has 86 valence electrons. The van der Waals surface area contributed by atoms with Crippen LogP contribution in [-0.2, 0) is 0 Å². The molecule has 1 aromatic rings. The molecule has 1 aliphatic carbocycles. The van der Waals surface area contributed by atoms with Crippen LogP contribution in [0.3, 0.4) is 0 Å². The Bertz CT molecular complexity index is 142. The predicted molar refractivity (Wildman–Crippen MR) is 66.9 cm³/mol. The molecule has 0 unspecified atom stereocenters. The van der Waals surface area contributed by atoms with Crippen LogP contribution in [0.4, 0.5) is 0 Å². The summed E-state index contributed by atoms with van der Waals surface area (Å²) in [6.07, 6.45) is 9.00. The van der Waals surface area contributed by atoms with E-state index >= 15 is 0 Å². The lowest BCUT2D eigenvalue weighted by Crippen LogP contribution is -1.85. The highest BCUT2D eigenvalue weighted by atomic mass is 16.2. The summed E-state index contributed by atoms with van der Waals surface area (Å²) in [5.41, 5.74) is 0. The Morgan fingerprint density at radius 3 is 0.933 bits per heavy atom. The van der Waals surface area contributed by atoms with Gasteiger partial charge in [-0.05, 0) is 6.92 Å². The third-order valence-corrected chi connectivity index (χ3v) is 2.17. The van der Waals surface area contributed by atoms with Crippen molar-refractivity contribution in [3.63, 3.8) is 0 Å². The van der Waals surface area contributed by atoms with Crippen LogP contribution in [0.15, 0.2) is 36.4 Å². The van der Waals surface area contributed by atoms with E-state index in [1.54, 1.807) is 6.92 Å². The summed E-state index contributed by atoms with van der Waals surface area (Å²) >= 11 is 0. The van der Waals surface area contributed by atoms with E-state index in [-0.39, 0.29) is 6.61 Å². The number of benzene rings is 1. The van der Waals surface area contributed by atoms with Crippen molar-refractivity contribution in [3.8, 4) is 0 Å². The first-order valence-electron chi connectivity index (χ1n) is 6.02. The molecule has 1 fully saturated rings. The van der Waals surface area contributed by atoms with Gasteiger partial charge in [0.2, 0.25) is 0 Å². The minimum Gasteiger partial charge on any atom is -0.397 e. The molecule has 0 amide bonds. The Hall–Kier alpha value is -0.820. The summed E-state index contributed by atoms with van der Waals surface area (Å²) in [6, 6.07) is 12.0. The molecule has 0 atom stereocenters. The predicted octanol–water partition coefficient (Wildman–Crippen LogP) is 4.03. The molecule has 0 aromatic heterocycles. The van der Waals surface area contributed by atoms with Gasteiger partial charge in [0.25, 0.3) is 0 Å². The largest absolute Gasteiger partial charge is 0.397 e. The van der Waals surface area contributed by atoms with E-state index in [1.165, 1.54) is 38.5 Å². The van der Waals surface area contributed by atoms with Crippen LogP contribution in [0.25, 0.3) is 0 Å². The fourth-order valence-corrected chi connectivity index (χ4v) is 1.45. The van der Waals surface area contributed by atoms with Gasteiger partial charge in [0.15, 0.2) is 0 Å². The molecule has 15 heavy (non-hydrogen) atoms. The number of hydrogen-bond acceptors (Lipinski definition) is 1. The van der Waals surface area contributed by atoms with Crippen molar-refractivity contribution in [3.05, 3.63) is 36.4 Å². The molecular weight excluding hydrogens is 184 g/mol. The first kappa shape index (κ1) is 14.2. The molecule has 1 aliphatic rings. The number of hydrogen-bond donors (Lipinski definition) is 1. The molecule has 1 aromatic carbocycles. The molecule has 0 aliphatic heterocycles. The molecule has 1 N–H and O–H groups in total. The van der Waals surface area contributed by atoms with Crippen LogP contribution in [0.2, 0.25) is 0 Å². The van der Waals surface area contributed by atoms with Crippen molar-refractivity contribution < 1.29 is 5.11 Å². The van der Waals surface area contributed by atoms with E-state index in [0.29, 0.717) is 0 Å². The second-order valence-corrected chi connectivity index (χ2v) is 3.59. The monoisotopic (exact) mass is 208 g/mol. The maximum atomic E-state index is 7.57. The van der Waals surface area contributed by atoms with Crippen molar-refractivity contribution in [1.82, 2.24) is 0 Å². The highest BCUT2D eigenvalue weighted by Gasteiger charge is 1.95. The fourth-order valence-electron chi connectivity index (χ4n) is 1.45. The average Bonchev–Trinajstić information content (AvgIpc) is 2.35. The first-order valence-corrected chi connectivity index (χ1v) is 6.02. The summed E-state index contributed by atoms with van der Waals surface area (Å²) in [4.78, 5) is 0. The number of aliphatic hydroxyl groups is 1. The Balaban J connectivity index is 0.000000210. The van der Waals surface area contributed by atoms with E-state index in [2.05, 4.69) is 0 Å². The van der Waals surface area contributed by atoms with E-state index in [9.17, 15) is 0 Å². The maximum Gasteiger partial charge on any atom is 0.0402 e. The summed E-state index contributed by atoms with van der Waals surface area (Å²) in [6.45, 7) is 1.93. The molecule has 1 saturated carbocycles. The van der Waals surface area contributed by atoms with Crippen molar-refractivity contribution in [2.75, 3.05) is 6.61 Å². The van der Waals surface area contributed by atoms with E-state index < -0.39 is 0 Å². The zero-order valence-electron chi connectivity index (χ0n) is 9.86. The van der Waals surface area contributed by atoms with Crippen LogP contribution in [0.1, 0.15) is 45.4 Å². The third-order valence-electron chi connectivity index (χ3n) is 2.17. The topological polar surface area (TPSA) is 20.2 Å². The normalized spacial score (nSPS) is 14.0. The minimum atomic E-state index is 0.250. The van der Waals surface area contributed by atoms with Crippen LogP contribution in [0.5, 0.6) is 0 Å². The Morgan fingerprint density at radius 2 is 0.800 bits per heavy atom. The molecule has 2 rings (SSSR count). The smallest absolute Gasteiger partial charge is 0.0402 e. The van der Waals surface area contributed by atoms with Gasteiger partial charge in [-0.1, -0.05) is 74.9 Å². The Morgan fingerprint density at radius 1 is 0.667 bits per heavy atom. The van der Waals surface area contributed by atoms with Gasteiger partial charge >= 0.3 is 0 Å². The highest BCUT2D eigenvalue weighted by molar-refractivity contribution is 4.99. The SMILES string of the molecule is C1CCCCC1.CCO.c1ccccc1. The third kappa shape index (κ3) is 13.2. The van der Waals surface area contributed by atoms with Gasteiger partial charge in [-0.25, -0.2) is 0 Å². The molecule has 1 nitrogen and oxygen atoms in total. The number of aliphatic hydroxyl groups excluding tert-OH is 1. The molecule has 0 bridgehead atoms. The summed E-state index contributed by atoms with van der Waals surface area (Å²) in [5, 5.41) is 7.57. The summed E-state index contributed by atoms with van der Waals surface area (Å²) in [5.74, 6) is 0. The lowest BCUT2D eigenvalue weighted by Gasteiger charge is -2.05. The lowest BCUT2D eigenvalue weighted by atomic mass is 10.0. The fraction of sp³-hybridized carbons (Fsp3) is 0.571. The van der Waals surface area contributed by atoms with E-state index in [0.717, 1.165) is 0 Å². The maximum absolute atomic E-state index is 7.57. The van der Waals surface area contributed by atoms with Crippen LogP contribution in [0, 0.1) is 0 Å². The van der Waals surface area contributed by atoms with E-state index in [1.807, 2.05) is 36.4 Å². The van der Waals surface area contributed by atoms with E-state index in [4.69, 9.17) is 5.11 Å². The minimum absolute atomic E-state index is 0.250. The second kappa shape index (κ2) is 13.2. The standard InChI is InChI=1S/C6H12.C6H6.C2H6O/c2*1-2-4-6-5-3-1;1-2-3/h1-6H2;1-6H;3H,2H2,1H3. The molecule has 0 heterocycles. The average molecular weight is 208 g/mol. The van der Waals surface area contributed by atoms with Crippen molar-refractivity contribution in [1.29, 1.82) is 0 Å². The van der Waals surface area contributed by atoms with Crippen molar-refractivity contribution in [2.24, 2.45) is 0 Å². The van der Waals surface area contributed by atoms with Crippen LogP contribution >= 0.6 is 0 Å². The van der Waals surface area contributed by atoms with Crippen molar-refractivity contribution in [2.45, 2.75) is 45.4 Å².